The minimum absolute atomic E-state index is 0.211. The number of hydrogen-bond donors (Lipinski definition) is 2. The number of nitrogens with one attached hydrogen (secondary N) is 1. The lowest BCUT2D eigenvalue weighted by molar-refractivity contribution is -0.117. The number of carbonyl (C=O) groups is 1. The van der Waals surface area contributed by atoms with Gasteiger partial charge in [-0.1, -0.05) is 18.2 Å². The second kappa shape index (κ2) is 5.40. The number of thiophene rings is 1. The normalized spacial score (nSPS) is 12.2. The molecule has 1 amide bonds. The third kappa shape index (κ3) is 2.41. The summed E-state index contributed by atoms with van der Waals surface area (Å²) in [7, 11) is 0. The molecule has 4 nitrogen and oxygen atoms in total. The Morgan fingerprint density at radius 1 is 1.25 bits per heavy atom. The van der Waals surface area contributed by atoms with Crippen molar-refractivity contribution in [2.24, 2.45) is 5.73 Å². The first-order valence-corrected chi connectivity index (χ1v) is 7.06. The van der Waals surface area contributed by atoms with E-state index in [0.29, 0.717) is 0 Å². The van der Waals surface area contributed by atoms with Crippen LogP contribution in [0.1, 0.15) is 10.9 Å². The Labute approximate surface area is 120 Å². The molecule has 100 valence electrons. The maximum Gasteiger partial charge on any atom is 0.246 e. The summed E-state index contributed by atoms with van der Waals surface area (Å²) in [6.07, 6.45) is 3.47. The Hall–Kier alpha value is -2.24. The van der Waals surface area contributed by atoms with Crippen molar-refractivity contribution in [3.8, 4) is 0 Å². The van der Waals surface area contributed by atoms with E-state index in [1.807, 2.05) is 41.8 Å². The Kier molecular flexibility index (Phi) is 3.45. The SMILES string of the molecule is NC(C(=O)Nc1cccc2cnccc12)c1cccs1. The second-order valence-corrected chi connectivity index (χ2v) is 5.36. The molecular formula is C15H13N3OS. The van der Waals surface area contributed by atoms with E-state index in [-0.39, 0.29) is 5.91 Å². The van der Waals surface area contributed by atoms with E-state index in [0.717, 1.165) is 21.3 Å². The van der Waals surface area contributed by atoms with Crippen LogP contribution in [0.15, 0.2) is 54.2 Å². The molecule has 3 aromatic rings. The lowest BCUT2D eigenvalue weighted by Crippen LogP contribution is -2.27. The molecule has 0 aliphatic rings. The highest BCUT2D eigenvalue weighted by Gasteiger charge is 2.17. The highest BCUT2D eigenvalue weighted by molar-refractivity contribution is 7.10. The topological polar surface area (TPSA) is 68.0 Å². The molecule has 1 unspecified atom stereocenters. The molecule has 3 N–H and O–H groups in total. The van der Waals surface area contributed by atoms with Crippen molar-refractivity contribution in [1.82, 2.24) is 4.98 Å². The Morgan fingerprint density at radius 3 is 2.95 bits per heavy atom. The van der Waals surface area contributed by atoms with Crippen LogP contribution in [-0.2, 0) is 4.79 Å². The number of benzene rings is 1. The molecule has 0 radical (unpaired) electrons. The van der Waals surface area contributed by atoms with Crippen molar-refractivity contribution in [2.45, 2.75) is 6.04 Å². The van der Waals surface area contributed by atoms with Gasteiger partial charge >= 0.3 is 0 Å². The van der Waals surface area contributed by atoms with Gasteiger partial charge in [-0.15, -0.1) is 11.3 Å². The van der Waals surface area contributed by atoms with E-state index in [1.54, 1.807) is 12.4 Å². The molecule has 0 saturated carbocycles. The van der Waals surface area contributed by atoms with Crippen LogP contribution < -0.4 is 11.1 Å². The van der Waals surface area contributed by atoms with Crippen molar-refractivity contribution in [3.05, 3.63) is 59.0 Å². The summed E-state index contributed by atoms with van der Waals surface area (Å²) in [6, 6.07) is 10.7. The molecule has 3 rings (SSSR count). The van der Waals surface area contributed by atoms with E-state index < -0.39 is 6.04 Å². The number of nitrogens with two attached hydrogens (primary N) is 1. The van der Waals surface area contributed by atoms with Crippen LogP contribution in [0.25, 0.3) is 10.8 Å². The molecule has 1 aromatic carbocycles. The van der Waals surface area contributed by atoms with Crippen molar-refractivity contribution >= 4 is 33.7 Å². The molecule has 0 spiro atoms. The highest BCUT2D eigenvalue weighted by Crippen LogP contribution is 2.24. The largest absolute Gasteiger partial charge is 0.324 e. The maximum absolute atomic E-state index is 12.2. The highest BCUT2D eigenvalue weighted by atomic mass is 32.1. The maximum atomic E-state index is 12.2. The van der Waals surface area contributed by atoms with E-state index >= 15 is 0 Å². The fraction of sp³-hybridized carbons (Fsp3) is 0.0667. The van der Waals surface area contributed by atoms with Crippen molar-refractivity contribution in [2.75, 3.05) is 5.32 Å². The fourth-order valence-corrected chi connectivity index (χ4v) is 2.76. The summed E-state index contributed by atoms with van der Waals surface area (Å²) in [6.45, 7) is 0. The number of nitrogens with zero attached hydrogens (tertiary/aromatic N) is 1. The van der Waals surface area contributed by atoms with Gasteiger partial charge < -0.3 is 11.1 Å². The predicted octanol–water partition coefficient (Wildman–Crippen LogP) is 2.93. The molecule has 0 bridgehead atoms. The monoisotopic (exact) mass is 283 g/mol. The van der Waals surface area contributed by atoms with E-state index in [2.05, 4.69) is 10.3 Å². The first-order chi connectivity index (χ1) is 9.75. The summed E-state index contributed by atoms with van der Waals surface area (Å²) in [5, 5.41) is 6.73. The minimum atomic E-state index is -0.646. The van der Waals surface area contributed by atoms with Gasteiger partial charge in [0.15, 0.2) is 0 Å². The summed E-state index contributed by atoms with van der Waals surface area (Å²) in [5.41, 5.74) is 6.71. The van der Waals surface area contributed by atoms with Gasteiger partial charge in [0.1, 0.15) is 6.04 Å². The van der Waals surface area contributed by atoms with Gasteiger partial charge in [-0.2, -0.15) is 0 Å². The van der Waals surface area contributed by atoms with Crippen LogP contribution in [0.4, 0.5) is 5.69 Å². The number of aromatic nitrogens is 1. The van der Waals surface area contributed by atoms with Crippen LogP contribution in [-0.4, -0.2) is 10.9 Å². The zero-order valence-electron chi connectivity index (χ0n) is 10.6. The van der Waals surface area contributed by atoms with Crippen LogP contribution in [0, 0.1) is 0 Å². The fourth-order valence-electron chi connectivity index (χ4n) is 2.04. The van der Waals surface area contributed by atoms with E-state index in [4.69, 9.17) is 5.73 Å². The zero-order chi connectivity index (χ0) is 13.9. The van der Waals surface area contributed by atoms with Crippen LogP contribution in [0.3, 0.4) is 0 Å². The summed E-state index contributed by atoms with van der Waals surface area (Å²) >= 11 is 1.48. The van der Waals surface area contributed by atoms with Crippen molar-refractivity contribution < 1.29 is 4.79 Å². The lowest BCUT2D eigenvalue weighted by atomic mass is 10.1. The molecule has 0 saturated heterocycles. The molecule has 2 heterocycles. The molecule has 0 fully saturated rings. The van der Waals surface area contributed by atoms with Crippen molar-refractivity contribution in [1.29, 1.82) is 0 Å². The Balaban J connectivity index is 1.88. The third-order valence-corrected chi connectivity index (χ3v) is 4.03. The second-order valence-electron chi connectivity index (χ2n) is 4.38. The van der Waals surface area contributed by atoms with Crippen LogP contribution in [0.2, 0.25) is 0 Å². The van der Waals surface area contributed by atoms with Gasteiger partial charge in [-0.3, -0.25) is 9.78 Å². The van der Waals surface area contributed by atoms with E-state index in [1.165, 1.54) is 11.3 Å². The number of pyridine rings is 1. The number of hydrogen-bond acceptors (Lipinski definition) is 4. The Morgan fingerprint density at radius 2 is 2.15 bits per heavy atom. The third-order valence-electron chi connectivity index (χ3n) is 3.07. The summed E-state index contributed by atoms with van der Waals surface area (Å²) in [4.78, 5) is 17.1. The standard InChI is InChI=1S/C15H13N3OS/c16-14(13-5-2-8-20-13)15(19)18-12-4-1-3-10-9-17-7-6-11(10)12/h1-9,14H,16H2,(H,18,19). The number of carbonyl (C=O) groups excluding carboxylic acids is 1. The molecular weight excluding hydrogens is 270 g/mol. The summed E-state index contributed by atoms with van der Waals surface area (Å²) < 4.78 is 0. The number of amides is 1. The minimum Gasteiger partial charge on any atom is -0.324 e. The quantitative estimate of drug-likeness (QED) is 0.776. The molecule has 2 aromatic heterocycles. The molecule has 1 atom stereocenters. The van der Waals surface area contributed by atoms with Crippen LogP contribution >= 0.6 is 11.3 Å². The first kappa shape index (κ1) is 12.8. The molecule has 5 heteroatoms. The van der Waals surface area contributed by atoms with Crippen LogP contribution in [0.5, 0.6) is 0 Å². The predicted molar refractivity (Wildman–Crippen MR) is 81.6 cm³/mol. The van der Waals surface area contributed by atoms with Gasteiger partial charge in [0, 0.05) is 33.7 Å². The summed E-state index contributed by atoms with van der Waals surface area (Å²) in [5.74, 6) is -0.211. The van der Waals surface area contributed by atoms with Gasteiger partial charge in [0.05, 0.1) is 0 Å². The average Bonchev–Trinajstić information content (AvgIpc) is 3.01. The van der Waals surface area contributed by atoms with E-state index in [9.17, 15) is 4.79 Å². The molecule has 0 aliphatic heterocycles. The first-order valence-electron chi connectivity index (χ1n) is 6.18. The van der Waals surface area contributed by atoms with Crippen molar-refractivity contribution in [3.63, 3.8) is 0 Å². The lowest BCUT2D eigenvalue weighted by Gasteiger charge is -2.12. The molecule has 20 heavy (non-hydrogen) atoms. The van der Waals surface area contributed by atoms with Gasteiger partial charge in [-0.25, -0.2) is 0 Å². The zero-order valence-corrected chi connectivity index (χ0v) is 11.4. The molecule has 0 aliphatic carbocycles. The Bertz CT molecular complexity index is 734. The van der Waals surface area contributed by atoms with Gasteiger partial charge in [0.2, 0.25) is 5.91 Å². The van der Waals surface area contributed by atoms with Gasteiger partial charge in [0.25, 0.3) is 0 Å². The smallest absolute Gasteiger partial charge is 0.246 e. The number of anilines is 1. The average molecular weight is 283 g/mol. The number of fused-ring (bicyclic) bond motifs is 1. The number of rotatable bonds is 3. The van der Waals surface area contributed by atoms with Gasteiger partial charge in [-0.05, 0) is 23.6 Å².